The number of carbonyl (C=O) groups is 4. The van der Waals surface area contributed by atoms with E-state index in [0.717, 1.165) is 11.0 Å². The highest BCUT2D eigenvalue weighted by atomic mass is 19.4. The Hall–Kier alpha value is -3.31. The molecule has 1 aliphatic carbocycles. The molecule has 4 rings (SSSR count). The average Bonchev–Trinajstić information content (AvgIpc) is 3.15. The van der Waals surface area contributed by atoms with Crippen molar-refractivity contribution >= 4 is 23.9 Å². The lowest BCUT2D eigenvalue weighted by Crippen LogP contribution is -2.64. The monoisotopic (exact) mass is 510 g/mol. The molecule has 1 aromatic rings. The average molecular weight is 511 g/mol. The Morgan fingerprint density at radius 1 is 1.14 bits per heavy atom. The quantitative estimate of drug-likeness (QED) is 0.468. The third kappa shape index (κ3) is 4.72. The smallest absolute Gasteiger partial charge is 0.416 e. The van der Waals surface area contributed by atoms with Crippen molar-refractivity contribution < 1.29 is 37.1 Å². The van der Waals surface area contributed by atoms with Crippen LogP contribution >= 0.6 is 0 Å². The normalized spacial score (nSPS) is 28.5. The number of alkyl halides is 3. The van der Waals surface area contributed by atoms with Crippen molar-refractivity contribution in [2.24, 2.45) is 11.8 Å². The number of hydrogen-bond acceptors (Lipinski definition) is 5. The first-order chi connectivity index (χ1) is 16.9. The number of amides is 5. The van der Waals surface area contributed by atoms with Gasteiger partial charge in [0.1, 0.15) is 0 Å². The summed E-state index contributed by atoms with van der Waals surface area (Å²) in [6.45, 7) is 4.24. The Morgan fingerprint density at radius 2 is 1.81 bits per heavy atom. The second-order valence-electron chi connectivity index (χ2n) is 9.60. The van der Waals surface area contributed by atoms with Gasteiger partial charge in [-0.1, -0.05) is 19.1 Å². The molecule has 2 heterocycles. The minimum absolute atomic E-state index is 0.0323. The van der Waals surface area contributed by atoms with Crippen molar-refractivity contribution in [3.05, 3.63) is 34.9 Å². The standard InChI is InChI=1S/C24H29F3N4O5/c1-4-36-21(33)15-11-30(19-9-18-17(8-12(19)2)28-22(34)29-18)23(35)31(20(15)32)10-14-6-5-7-16(13(14)3)24(25,26)27/h5-7,12,15,17-19H,4,8-11H2,1-3H3,(H2,28,29,34). The van der Waals surface area contributed by atoms with E-state index in [1.165, 1.54) is 24.0 Å². The molecule has 196 valence electrons. The van der Waals surface area contributed by atoms with Crippen molar-refractivity contribution in [2.45, 2.75) is 64.5 Å². The van der Waals surface area contributed by atoms with Crippen molar-refractivity contribution in [3.63, 3.8) is 0 Å². The maximum absolute atomic E-state index is 13.6. The zero-order chi connectivity index (χ0) is 26.4. The molecule has 0 radical (unpaired) electrons. The predicted molar refractivity (Wildman–Crippen MR) is 120 cm³/mol. The van der Waals surface area contributed by atoms with Gasteiger partial charge in [-0.05, 0) is 49.8 Å². The highest BCUT2D eigenvalue weighted by Crippen LogP contribution is 2.36. The van der Waals surface area contributed by atoms with Crippen molar-refractivity contribution in [2.75, 3.05) is 13.2 Å². The number of hydrogen-bond donors (Lipinski definition) is 2. The molecule has 0 bridgehead atoms. The maximum atomic E-state index is 13.6. The molecule has 2 N–H and O–H groups in total. The number of nitrogens with one attached hydrogen (secondary N) is 2. The first-order valence-electron chi connectivity index (χ1n) is 11.9. The second kappa shape index (κ2) is 9.62. The van der Waals surface area contributed by atoms with Gasteiger partial charge in [0, 0.05) is 12.6 Å². The number of urea groups is 2. The molecule has 1 saturated carbocycles. The van der Waals surface area contributed by atoms with Gasteiger partial charge in [0.05, 0.1) is 30.8 Å². The summed E-state index contributed by atoms with van der Waals surface area (Å²) in [5, 5.41) is 5.69. The lowest BCUT2D eigenvalue weighted by molar-refractivity contribution is -0.158. The van der Waals surface area contributed by atoms with Gasteiger partial charge in [0.2, 0.25) is 5.91 Å². The fraction of sp³-hybridized carbons (Fsp3) is 0.583. The largest absolute Gasteiger partial charge is 0.465 e. The Morgan fingerprint density at radius 3 is 2.44 bits per heavy atom. The van der Waals surface area contributed by atoms with Crippen LogP contribution in [0.1, 0.15) is 43.4 Å². The fourth-order valence-corrected chi connectivity index (χ4v) is 5.47. The molecule has 5 amide bonds. The summed E-state index contributed by atoms with van der Waals surface area (Å²) in [5.41, 5.74) is -0.795. The van der Waals surface area contributed by atoms with E-state index in [4.69, 9.17) is 4.74 Å². The topological polar surface area (TPSA) is 108 Å². The minimum Gasteiger partial charge on any atom is -0.465 e. The summed E-state index contributed by atoms with van der Waals surface area (Å²) in [7, 11) is 0. The van der Waals surface area contributed by atoms with Gasteiger partial charge >= 0.3 is 24.2 Å². The Balaban J connectivity index is 1.66. The van der Waals surface area contributed by atoms with E-state index in [1.807, 2.05) is 6.92 Å². The molecule has 1 aromatic carbocycles. The number of rotatable bonds is 5. The lowest BCUT2D eigenvalue weighted by atomic mass is 9.79. The van der Waals surface area contributed by atoms with E-state index < -0.39 is 48.2 Å². The van der Waals surface area contributed by atoms with Crippen molar-refractivity contribution in [1.82, 2.24) is 20.4 Å². The van der Waals surface area contributed by atoms with Crippen LogP contribution in [0.2, 0.25) is 0 Å². The number of imide groups is 1. The van der Waals surface area contributed by atoms with Crippen LogP contribution in [0.15, 0.2) is 18.2 Å². The van der Waals surface area contributed by atoms with Gasteiger partial charge in [-0.15, -0.1) is 0 Å². The highest BCUT2D eigenvalue weighted by molar-refractivity contribution is 6.07. The summed E-state index contributed by atoms with van der Waals surface area (Å²) in [4.78, 5) is 53.7. The third-order valence-electron chi connectivity index (χ3n) is 7.37. The molecule has 0 spiro atoms. The van der Waals surface area contributed by atoms with Crippen LogP contribution in [-0.4, -0.2) is 65.0 Å². The number of halogens is 3. The molecule has 0 aromatic heterocycles. The molecule has 9 nitrogen and oxygen atoms in total. The first-order valence-corrected chi connectivity index (χ1v) is 11.9. The zero-order valence-corrected chi connectivity index (χ0v) is 20.2. The third-order valence-corrected chi connectivity index (χ3v) is 7.37. The van der Waals surface area contributed by atoms with E-state index in [0.29, 0.717) is 12.8 Å². The van der Waals surface area contributed by atoms with E-state index in [9.17, 15) is 32.3 Å². The van der Waals surface area contributed by atoms with Crippen LogP contribution in [0.3, 0.4) is 0 Å². The van der Waals surface area contributed by atoms with Gasteiger partial charge in [-0.2, -0.15) is 13.2 Å². The zero-order valence-electron chi connectivity index (χ0n) is 20.2. The molecule has 36 heavy (non-hydrogen) atoms. The fourth-order valence-electron chi connectivity index (χ4n) is 5.47. The Kier molecular flexibility index (Phi) is 6.89. The number of benzene rings is 1. The van der Waals surface area contributed by atoms with Gasteiger partial charge in [0.25, 0.3) is 0 Å². The predicted octanol–water partition coefficient (Wildman–Crippen LogP) is 2.81. The van der Waals surface area contributed by atoms with Crippen LogP contribution in [-0.2, 0) is 27.0 Å². The number of esters is 1. The maximum Gasteiger partial charge on any atom is 0.416 e. The SMILES string of the molecule is CCOC(=O)C1CN(C2CC3NC(=O)NC3CC2C)C(=O)N(Cc2cccc(C(F)(F)F)c2C)C1=O. The molecule has 2 aliphatic heterocycles. The Bertz CT molecular complexity index is 1080. The van der Waals surface area contributed by atoms with Crippen molar-refractivity contribution in [3.8, 4) is 0 Å². The molecular weight excluding hydrogens is 481 g/mol. The molecule has 12 heteroatoms. The van der Waals surface area contributed by atoms with E-state index in [-0.39, 0.29) is 48.3 Å². The number of fused-ring (bicyclic) bond motifs is 1. The molecule has 3 fully saturated rings. The van der Waals surface area contributed by atoms with Crippen molar-refractivity contribution in [1.29, 1.82) is 0 Å². The molecule has 2 saturated heterocycles. The van der Waals surface area contributed by atoms with Gasteiger partial charge in [-0.25, -0.2) is 9.59 Å². The van der Waals surface area contributed by atoms with Gasteiger partial charge in [-0.3, -0.25) is 14.5 Å². The van der Waals surface area contributed by atoms with Crippen LogP contribution in [0, 0.1) is 18.8 Å². The van der Waals surface area contributed by atoms with Gasteiger partial charge < -0.3 is 20.3 Å². The second-order valence-corrected chi connectivity index (χ2v) is 9.60. The minimum atomic E-state index is -4.59. The first kappa shape index (κ1) is 25.8. The number of nitrogens with zero attached hydrogens (tertiary/aromatic N) is 2. The summed E-state index contributed by atoms with van der Waals surface area (Å²) in [5.74, 6) is -2.95. The molecule has 3 aliphatic rings. The van der Waals surface area contributed by atoms with Crippen LogP contribution in [0.5, 0.6) is 0 Å². The van der Waals surface area contributed by atoms with Crippen LogP contribution in [0.25, 0.3) is 0 Å². The van der Waals surface area contributed by atoms with E-state index >= 15 is 0 Å². The molecular formula is C24H29F3N4O5. The lowest BCUT2D eigenvalue weighted by Gasteiger charge is -2.47. The summed E-state index contributed by atoms with van der Waals surface area (Å²) in [6.07, 6.45) is -3.59. The summed E-state index contributed by atoms with van der Waals surface area (Å²) >= 11 is 0. The molecule has 5 atom stereocenters. The van der Waals surface area contributed by atoms with Gasteiger partial charge in [0.15, 0.2) is 5.92 Å². The Labute approximate surface area is 206 Å². The highest BCUT2D eigenvalue weighted by Gasteiger charge is 2.50. The van der Waals surface area contributed by atoms with Crippen LogP contribution in [0.4, 0.5) is 22.8 Å². The number of ether oxygens (including phenoxy) is 1. The van der Waals surface area contributed by atoms with Crippen LogP contribution < -0.4 is 10.6 Å². The van der Waals surface area contributed by atoms with E-state index in [1.54, 1.807) is 6.92 Å². The number of carbonyl (C=O) groups excluding carboxylic acids is 4. The summed E-state index contributed by atoms with van der Waals surface area (Å²) < 4.78 is 45.4. The summed E-state index contributed by atoms with van der Waals surface area (Å²) in [6, 6.07) is 1.93. The van der Waals surface area contributed by atoms with E-state index in [2.05, 4.69) is 10.6 Å². The molecule has 5 unspecified atom stereocenters.